The van der Waals surface area contributed by atoms with Crippen molar-refractivity contribution < 1.29 is 9.53 Å². The van der Waals surface area contributed by atoms with Crippen molar-refractivity contribution in [2.24, 2.45) is 0 Å². The van der Waals surface area contributed by atoms with Crippen LogP contribution in [0.15, 0.2) is 36.4 Å². The van der Waals surface area contributed by atoms with Crippen LogP contribution in [0.2, 0.25) is 5.02 Å². The number of piperazine rings is 1. The van der Waals surface area contributed by atoms with Gasteiger partial charge < -0.3 is 19.9 Å². The zero-order chi connectivity index (χ0) is 19.4. The number of nitrogens with zero attached hydrogens (tertiary/aromatic N) is 2. The van der Waals surface area contributed by atoms with E-state index in [-0.39, 0.29) is 12.5 Å². The Hall–Kier alpha value is -2.24. The fraction of sp³-hybridized carbons (Fsp3) is 0.381. The average molecular weight is 388 g/mol. The molecule has 2 aromatic rings. The molecule has 1 fully saturated rings. The number of nitrogens with one attached hydrogen (secondary N) is 1. The highest BCUT2D eigenvalue weighted by Crippen LogP contribution is 2.27. The molecule has 1 saturated heterocycles. The Labute approximate surface area is 165 Å². The molecule has 6 heteroatoms. The Balaban J connectivity index is 1.63. The predicted molar refractivity (Wildman–Crippen MR) is 111 cm³/mol. The summed E-state index contributed by atoms with van der Waals surface area (Å²) in [5.74, 6) is 0.471. The van der Waals surface area contributed by atoms with E-state index in [2.05, 4.69) is 22.2 Å². The lowest BCUT2D eigenvalue weighted by Gasteiger charge is -2.35. The minimum absolute atomic E-state index is 0.0441. The molecular formula is C21H26ClN3O2. The van der Waals surface area contributed by atoms with Crippen molar-refractivity contribution in [3.8, 4) is 5.75 Å². The van der Waals surface area contributed by atoms with Crippen LogP contribution in [0.3, 0.4) is 0 Å². The highest BCUT2D eigenvalue weighted by molar-refractivity contribution is 6.32. The van der Waals surface area contributed by atoms with E-state index in [9.17, 15) is 4.79 Å². The second-order valence-corrected chi connectivity index (χ2v) is 7.39. The molecule has 0 bridgehead atoms. The molecule has 144 valence electrons. The molecule has 1 heterocycles. The first-order valence-corrected chi connectivity index (χ1v) is 9.54. The van der Waals surface area contributed by atoms with Crippen molar-refractivity contribution in [3.63, 3.8) is 0 Å². The molecule has 0 aliphatic carbocycles. The van der Waals surface area contributed by atoms with E-state index in [1.165, 1.54) is 0 Å². The molecule has 1 amide bonds. The lowest BCUT2D eigenvalue weighted by atomic mass is 10.1. The molecule has 27 heavy (non-hydrogen) atoms. The van der Waals surface area contributed by atoms with Gasteiger partial charge in [-0.1, -0.05) is 23.7 Å². The summed E-state index contributed by atoms with van der Waals surface area (Å²) in [5.41, 5.74) is 3.75. The monoisotopic (exact) mass is 387 g/mol. The smallest absolute Gasteiger partial charge is 0.262 e. The molecule has 0 unspecified atom stereocenters. The molecule has 0 atom stereocenters. The summed E-state index contributed by atoms with van der Waals surface area (Å²) in [6, 6.07) is 11.6. The van der Waals surface area contributed by atoms with Gasteiger partial charge in [0.15, 0.2) is 6.61 Å². The molecule has 0 radical (unpaired) electrons. The molecule has 1 aliphatic rings. The minimum Gasteiger partial charge on any atom is -0.484 e. The fourth-order valence-electron chi connectivity index (χ4n) is 3.23. The number of likely N-dealkylation sites (N-methyl/N-ethyl adjacent to an activating group) is 1. The lowest BCUT2D eigenvalue weighted by Crippen LogP contribution is -2.44. The summed E-state index contributed by atoms with van der Waals surface area (Å²) in [4.78, 5) is 17.0. The Kier molecular flexibility index (Phi) is 6.24. The second-order valence-electron chi connectivity index (χ2n) is 7.02. The van der Waals surface area contributed by atoms with Crippen LogP contribution in [-0.2, 0) is 4.79 Å². The Bertz CT molecular complexity index is 794. The summed E-state index contributed by atoms with van der Waals surface area (Å²) in [5, 5.41) is 3.71. The van der Waals surface area contributed by atoms with Gasteiger partial charge in [0.1, 0.15) is 5.75 Å². The van der Waals surface area contributed by atoms with Crippen LogP contribution in [-0.4, -0.2) is 50.6 Å². The predicted octanol–water partition coefficient (Wildman–Crippen LogP) is 3.73. The maximum Gasteiger partial charge on any atom is 0.262 e. The normalized spacial score (nSPS) is 14.9. The molecular weight excluding hydrogens is 362 g/mol. The summed E-state index contributed by atoms with van der Waals surface area (Å²) >= 11 is 6.18. The van der Waals surface area contributed by atoms with Crippen molar-refractivity contribution in [1.82, 2.24) is 4.90 Å². The molecule has 3 rings (SSSR count). The SMILES string of the molecule is Cc1cc(OCC(=O)Nc2ccccc2N2CCN(C)CC2)cc(C)c1Cl. The number of hydrogen-bond donors (Lipinski definition) is 1. The van der Waals surface area contributed by atoms with Crippen LogP contribution in [0.4, 0.5) is 11.4 Å². The van der Waals surface area contributed by atoms with E-state index in [0.717, 1.165) is 53.7 Å². The number of halogens is 1. The number of rotatable bonds is 5. The number of hydrogen-bond acceptors (Lipinski definition) is 4. The maximum atomic E-state index is 12.4. The molecule has 0 saturated carbocycles. The van der Waals surface area contributed by atoms with E-state index in [0.29, 0.717) is 5.75 Å². The quantitative estimate of drug-likeness (QED) is 0.849. The largest absolute Gasteiger partial charge is 0.484 e. The average Bonchev–Trinajstić information content (AvgIpc) is 2.65. The van der Waals surface area contributed by atoms with Gasteiger partial charge in [-0.3, -0.25) is 4.79 Å². The zero-order valence-electron chi connectivity index (χ0n) is 16.1. The van der Waals surface area contributed by atoms with E-state index >= 15 is 0 Å². The Morgan fingerprint density at radius 2 is 1.74 bits per heavy atom. The van der Waals surface area contributed by atoms with Gasteiger partial charge in [-0.15, -0.1) is 0 Å². The topological polar surface area (TPSA) is 44.8 Å². The first kappa shape index (κ1) is 19.5. The minimum atomic E-state index is -0.179. The van der Waals surface area contributed by atoms with Gasteiger partial charge in [0, 0.05) is 31.2 Å². The van der Waals surface area contributed by atoms with Crippen molar-refractivity contribution >= 4 is 28.9 Å². The third kappa shape index (κ3) is 4.93. The van der Waals surface area contributed by atoms with Crippen LogP contribution >= 0.6 is 11.6 Å². The van der Waals surface area contributed by atoms with Crippen molar-refractivity contribution in [3.05, 3.63) is 52.5 Å². The van der Waals surface area contributed by atoms with Gasteiger partial charge in [0.25, 0.3) is 5.91 Å². The molecule has 0 spiro atoms. The number of carbonyl (C=O) groups is 1. The van der Waals surface area contributed by atoms with Crippen LogP contribution in [0, 0.1) is 13.8 Å². The third-order valence-electron chi connectivity index (χ3n) is 4.80. The number of ether oxygens (including phenoxy) is 1. The third-order valence-corrected chi connectivity index (χ3v) is 5.40. The van der Waals surface area contributed by atoms with Crippen LogP contribution in [0.25, 0.3) is 0 Å². The molecule has 2 aromatic carbocycles. The fourth-order valence-corrected chi connectivity index (χ4v) is 3.34. The van der Waals surface area contributed by atoms with Crippen molar-refractivity contribution in [1.29, 1.82) is 0 Å². The standard InChI is InChI=1S/C21H26ClN3O2/c1-15-12-17(13-16(2)21(15)22)27-14-20(26)23-18-6-4-5-7-19(18)25-10-8-24(3)9-11-25/h4-7,12-13H,8-11,14H2,1-3H3,(H,23,26). The van der Waals surface area contributed by atoms with Crippen LogP contribution in [0.1, 0.15) is 11.1 Å². The van der Waals surface area contributed by atoms with Gasteiger partial charge in [-0.05, 0) is 56.3 Å². The molecule has 0 aromatic heterocycles. The number of aryl methyl sites for hydroxylation is 2. The molecule has 1 N–H and O–H groups in total. The Morgan fingerprint density at radius 3 is 2.41 bits per heavy atom. The van der Waals surface area contributed by atoms with Crippen LogP contribution in [0.5, 0.6) is 5.75 Å². The Morgan fingerprint density at radius 1 is 1.11 bits per heavy atom. The lowest BCUT2D eigenvalue weighted by molar-refractivity contribution is -0.118. The summed E-state index contributed by atoms with van der Waals surface area (Å²) in [6.07, 6.45) is 0. The van der Waals surface area contributed by atoms with E-state index in [1.807, 2.05) is 50.2 Å². The van der Waals surface area contributed by atoms with Gasteiger partial charge >= 0.3 is 0 Å². The highest BCUT2D eigenvalue weighted by Gasteiger charge is 2.17. The van der Waals surface area contributed by atoms with Gasteiger partial charge in [0.2, 0.25) is 0 Å². The summed E-state index contributed by atoms with van der Waals surface area (Å²) in [7, 11) is 2.13. The number of amides is 1. The van der Waals surface area contributed by atoms with E-state index in [1.54, 1.807) is 0 Å². The summed E-state index contributed by atoms with van der Waals surface area (Å²) in [6.45, 7) is 7.73. The van der Waals surface area contributed by atoms with Crippen molar-refractivity contribution in [2.75, 3.05) is 50.1 Å². The maximum absolute atomic E-state index is 12.4. The first-order valence-electron chi connectivity index (χ1n) is 9.16. The van der Waals surface area contributed by atoms with E-state index < -0.39 is 0 Å². The second kappa shape index (κ2) is 8.63. The highest BCUT2D eigenvalue weighted by atomic mass is 35.5. The first-order chi connectivity index (χ1) is 12.9. The van der Waals surface area contributed by atoms with Gasteiger partial charge in [0.05, 0.1) is 11.4 Å². The van der Waals surface area contributed by atoms with Crippen molar-refractivity contribution in [2.45, 2.75) is 13.8 Å². The van der Waals surface area contributed by atoms with Crippen LogP contribution < -0.4 is 15.0 Å². The number of para-hydroxylation sites is 2. The number of benzene rings is 2. The number of anilines is 2. The van der Waals surface area contributed by atoms with Gasteiger partial charge in [-0.25, -0.2) is 0 Å². The molecule has 5 nitrogen and oxygen atoms in total. The zero-order valence-corrected chi connectivity index (χ0v) is 16.8. The van der Waals surface area contributed by atoms with E-state index in [4.69, 9.17) is 16.3 Å². The number of carbonyl (C=O) groups excluding carboxylic acids is 1. The molecule has 1 aliphatic heterocycles. The summed E-state index contributed by atoms with van der Waals surface area (Å²) < 4.78 is 5.67. The van der Waals surface area contributed by atoms with Gasteiger partial charge in [-0.2, -0.15) is 0 Å².